The van der Waals surface area contributed by atoms with E-state index in [4.69, 9.17) is 4.74 Å². The summed E-state index contributed by atoms with van der Waals surface area (Å²) < 4.78 is 45.9. The van der Waals surface area contributed by atoms with Crippen molar-refractivity contribution in [1.29, 1.82) is 0 Å². The fraction of sp³-hybridized carbons (Fsp3) is 0.350. The molecule has 1 N–H and O–H groups in total. The first kappa shape index (κ1) is 19.1. The van der Waals surface area contributed by atoms with E-state index in [0.29, 0.717) is 17.0 Å². The molecule has 4 nitrogen and oxygen atoms in total. The highest BCUT2D eigenvalue weighted by Gasteiger charge is 2.31. The molecule has 1 aliphatic rings. The van der Waals surface area contributed by atoms with Gasteiger partial charge in [0.05, 0.1) is 12.7 Å². The van der Waals surface area contributed by atoms with Crippen LogP contribution in [0.1, 0.15) is 40.7 Å². The summed E-state index contributed by atoms with van der Waals surface area (Å²) in [5, 5.41) is 2.69. The lowest BCUT2D eigenvalue weighted by atomic mass is 9.98. The molecule has 144 valence electrons. The van der Waals surface area contributed by atoms with Crippen LogP contribution in [0.15, 0.2) is 36.4 Å². The summed E-state index contributed by atoms with van der Waals surface area (Å²) >= 11 is 0. The van der Waals surface area contributed by atoms with Gasteiger partial charge in [-0.05, 0) is 73.2 Å². The lowest BCUT2D eigenvalue weighted by Crippen LogP contribution is -2.17. The number of aryl methyl sites for hydroxylation is 2. The molecule has 0 saturated carbocycles. The standard InChI is InChI=1S/C20H20F3NO3/c1-26-18-12-14-6-4-2-3-5-13(14)11-17(18)19(25)24-15-7-9-16(10-8-15)27-20(21,22)23/h7-12H,2-6H2,1H3,(H,24,25). The van der Waals surface area contributed by atoms with Crippen molar-refractivity contribution in [2.24, 2.45) is 0 Å². The summed E-state index contributed by atoms with van der Waals surface area (Å²) in [7, 11) is 1.51. The van der Waals surface area contributed by atoms with E-state index in [2.05, 4.69) is 10.1 Å². The van der Waals surface area contributed by atoms with Crippen LogP contribution in [0.5, 0.6) is 11.5 Å². The Morgan fingerprint density at radius 2 is 1.63 bits per heavy atom. The molecule has 0 saturated heterocycles. The SMILES string of the molecule is COc1cc2c(cc1C(=O)Nc1ccc(OC(F)(F)F)cc1)CCCCC2. The fourth-order valence-electron chi connectivity index (χ4n) is 3.22. The third-order valence-corrected chi connectivity index (χ3v) is 4.50. The Balaban J connectivity index is 1.78. The quantitative estimate of drug-likeness (QED) is 0.751. The van der Waals surface area contributed by atoms with Gasteiger partial charge in [-0.15, -0.1) is 13.2 Å². The van der Waals surface area contributed by atoms with Gasteiger partial charge in [0, 0.05) is 5.69 Å². The number of methoxy groups -OCH3 is 1. The molecule has 0 fully saturated rings. The minimum absolute atomic E-state index is 0.344. The van der Waals surface area contributed by atoms with E-state index in [1.807, 2.05) is 12.1 Å². The summed E-state index contributed by atoms with van der Waals surface area (Å²) in [4.78, 5) is 12.7. The largest absolute Gasteiger partial charge is 0.573 e. The molecular formula is C20H20F3NO3. The lowest BCUT2D eigenvalue weighted by molar-refractivity contribution is -0.274. The van der Waals surface area contributed by atoms with Gasteiger partial charge in [-0.25, -0.2) is 0 Å². The van der Waals surface area contributed by atoms with Gasteiger partial charge in [0.2, 0.25) is 0 Å². The van der Waals surface area contributed by atoms with Crippen molar-refractivity contribution >= 4 is 11.6 Å². The van der Waals surface area contributed by atoms with Crippen LogP contribution in [-0.2, 0) is 12.8 Å². The van der Waals surface area contributed by atoms with Crippen molar-refractivity contribution < 1.29 is 27.4 Å². The van der Waals surface area contributed by atoms with Crippen molar-refractivity contribution in [3.63, 3.8) is 0 Å². The second-order valence-corrected chi connectivity index (χ2v) is 6.41. The minimum Gasteiger partial charge on any atom is -0.496 e. The number of carbonyl (C=O) groups excluding carboxylic acids is 1. The molecule has 0 radical (unpaired) electrons. The number of carbonyl (C=O) groups is 1. The van der Waals surface area contributed by atoms with Crippen molar-refractivity contribution in [2.45, 2.75) is 38.5 Å². The average molecular weight is 379 g/mol. The van der Waals surface area contributed by atoms with Crippen molar-refractivity contribution in [2.75, 3.05) is 12.4 Å². The van der Waals surface area contributed by atoms with Crippen LogP contribution < -0.4 is 14.8 Å². The molecule has 7 heteroatoms. The van der Waals surface area contributed by atoms with Crippen molar-refractivity contribution in [3.05, 3.63) is 53.1 Å². The Kier molecular flexibility index (Phi) is 5.58. The number of rotatable bonds is 4. The summed E-state index contributed by atoms with van der Waals surface area (Å²) in [5.74, 6) is -0.225. The molecule has 1 aliphatic carbocycles. The minimum atomic E-state index is -4.75. The monoisotopic (exact) mass is 379 g/mol. The number of ether oxygens (including phenoxy) is 2. The van der Waals surface area contributed by atoms with Gasteiger partial charge >= 0.3 is 6.36 Å². The summed E-state index contributed by atoms with van der Waals surface area (Å²) in [6.45, 7) is 0. The molecule has 0 unspecified atom stereocenters. The number of alkyl halides is 3. The number of benzene rings is 2. The van der Waals surface area contributed by atoms with E-state index in [-0.39, 0.29) is 11.7 Å². The zero-order chi connectivity index (χ0) is 19.4. The lowest BCUT2D eigenvalue weighted by Gasteiger charge is -2.14. The molecule has 0 bridgehead atoms. The molecule has 0 aromatic heterocycles. The van der Waals surface area contributed by atoms with Crippen molar-refractivity contribution in [1.82, 2.24) is 0 Å². The first-order valence-electron chi connectivity index (χ1n) is 8.72. The maximum absolute atomic E-state index is 12.7. The molecule has 0 spiro atoms. The molecule has 2 aromatic carbocycles. The van der Waals surface area contributed by atoms with Crippen molar-refractivity contribution in [3.8, 4) is 11.5 Å². The molecule has 0 aliphatic heterocycles. The first-order valence-corrected chi connectivity index (χ1v) is 8.72. The first-order chi connectivity index (χ1) is 12.9. The molecule has 0 heterocycles. The molecule has 3 rings (SSSR count). The van der Waals surface area contributed by atoms with Gasteiger partial charge in [0.15, 0.2) is 0 Å². The van der Waals surface area contributed by atoms with Gasteiger partial charge in [-0.1, -0.05) is 6.42 Å². The second-order valence-electron chi connectivity index (χ2n) is 6.41. The van der Waals surface area contributed by atoms with Crippen LogP contribution in [0.2, 0.25) is 0 Å². The van der Waals surface area contributed by atoms with E-state index in [0.717, 1.165) is 49.8 Å². The fourth-order valence-corrected chi connectivity index (χ4v) is 3.22. The normalized spacial score (nSPS) is 14.1. The Morgan fingerprint density at radius 1 is 1.00 bits per heavy atom. The van der Waals surface area contributed by atoms with Gasteiger partial charge in [0.1, 0.15) is 11.5 Å². The van der Waals surface area contributed by atoms with Crippen LogP contribution in [0.3, 0.4) is 0 Å². The number of halogens is 3. The smallest absolute Gasteiger partial charge is 0.496 e. The van der Waals surface area contributed by atoms with Gasteiger partial charge in [-0.2, -0.15) is 0 Å². The average Bonchev–Trinajstić information content (AvgIpc) is 2.85. The number of hydrogen-bond acceptors (Lipinski definition) is 3. The third-order valence-electron chi connectivity index (χ3n) is 4.50. The molecule has 27 heavy (non-hydrogen) atoms. The zero-order valence-electron chi connectivity index (χ0n) is 14.9. The van der Waals surface area contributed by atoms with E-state index in [1.54, 1.807) is 0 Å². The second kappa shape index (κ2) is 7.90. The van der Waals surface area contributed by atoms with Gasteiger partial charge in [-0.3, -0.25) is 4.79 Å². The van der Waals surface area contributed by atoms with E-state index < -0.39 is 6.36 Å². The predicted octanol–water partition coefficient (Wildman–Crippen LogP) is 5.12. The summed E-state index contributed by atoms with van der Waals surface area (Å²) in [5.41, 5.74) is 3.13. The number of amides is 1. The topological polar surface area (TPSA) is 47.6 Å². The Morgan fingerprint density at radius 3 is 2.22 bits per heavy atom. The number of fused-ring (bicyclic) bond motifs is 1. The molecule has 0 atom stereocenters. The highest BCUT2D eigenvalue weighted by atomic mass is 19.4. The van der Waals surface area contributed by atoms with Gasteiger partial charge in [0.25, 0.3) is 5.91 Å². The molecule has 2 aromatic rings. The van der Waals surface area contributed by atoms with E-state index in [9.17, 15) is 18.0 Å². The Labute approximate surface area is 155 Å². The van der Waals surface area contributed by atoms with Crippen LogP contribution in [-0.4, -0.2) is 19.4 Å². The van der Waals surface area contributed by atoms with Crippen LogP contribution in [0, 0.1) is 0 Å². The predicted molar refractivity (Wildman–Crippen MR) is 95.3 cm³/mol. The van der Waals surface area contributed by atoms with Crippen LogP contribution in [0.4, 0.5) is 18.9 Å². The summed E-state index contributed by atoms with van der Waals surface area (Å²) in [6, 6.07) is 8.78. The number of anilines is 1. The molecule has 1 amide bonds. The number of hydrogen-bond donors (Lipinski definition) is 1. The highest BCUT2D eigenvalue weighted by Crippen LogP contribution is 2.30. The third kappa shape index (κ3) is 4.93. The Hall–Kier alpha value is -2.70. The highest BCUT2D eigenvalue weighted by molar-refractivity contribution is 6.06. The summed E-state index contributed by atoms with van der Waals surface area (Å²) in [6.07, 6.45) is 0.497. The van der Waals surface area contributed by atoms with E-state index in [1.165, 1.54) is 24.8 Å². The maximum atomic E-state index is 12.7. The number of nitrogens with one attached hydrogen (secondary N) is 1. The van der Waals surface area contributed by atoms with Gasteiger partial charge < -0.3 is 14.8 Å². The van der Waals surface area contributed by atoms with E-state index >= 15 is 0 Å². The zero-order valence-corrected chi connectivity index (χ0v) is 14.9. The Bertz CT molecular complexity index is 816. The van der Waals surface area contributed by atoms with Crippen LogP contribution in [0.25, 0.3) is 0 Å². The maximum Gasteiger partial charge on any atom is 0.573 e. The molecular weight excluding hydrogens is 359 g/mol. The van der Waals surface area contributed by atoms with Crippen LogP contribution >= 0.6 is 0 Å².